The summed E-state index contributed by atoms with van der Waals surface area (Å²) in [7, 11) is 0. The third-order valence-corrected chi connectivity index (χ3v) is 6.48. The van der Waals surface area contributed by atoms with Crippen LogP contribution in [0.3, 0.4) is 0 Å². The van der Waals surface area contributed by atoms with Crippen LogP contribution in [0.25, 0.3) is 11.4 Å². The van der Waals surface area contributed by atoms with Crippen LogP contribution in [0.15, 0.2) is 93.0 Å². The van der Waals surface area contributed by atoms with Gasteiger partial charge >= 0.3 is 5.76 Å². The maximum Gasteiger partial charge on any atom is 0.441 e. The summed E-state index contributed by atoms with van der Waals surface area (Å²) in [6.07, 6.45) is 2.26. The molecule has 5 rings (SSSR count). The molecule has 0 aliphatic carbocycles. The van der Waals surface area contributed by atoms with Crippen LogP contribution >= 0.6 is 11.8 Å². The van der Waals surface area contributed by atoms with E-state index in [1.807, 2.05) is 42.1 Å². The van der Waals surface area contributed by atoms with E-state index in [0.717, 1.165) is 16.9 Å². The van der Waals surface area contributed by atoms with Crippen LogP contribution in [0.4, 0.5) is 5.69 Å². The van der Waals surface area contributed by atoms with Crippen molar-refractivity contribution in [1.82, 2.24) is 9.78 Å². The van der Waals surface area contributed by atoms with Gasteiger partial charge in [-0.25, -0.2) is 4.79 Å². The van der Waals surface area contributed by atoms with Crippen LogP contribution in [-0.4, -0.2) is 9.78 Å². The Morgan fingerprint density at radius 3 is 2.42 bits per heavy atom. The van der Waals surface area contributed by atoms with E-state index in [1.54, 1.807) is 6.92 Å². The molecule has 0 saturated heterocycles. The number of benzene rings is 3. The van der Waals surface area contributed by atoms with Crippen molar-refractivity contribution in [2.45, 2.75) is 24.0 Å². The molecule has 3 aromatic carbocycles. The Morgan fingerprint density at radius 1 is 0.968 bits per heavy atom. The van der Waals surface area contributed by atoms with E-state index in [1.165, 1.54) is 20.7 Å². The molecule has 0 radical (unpaired) electrons. The predicted molar refractivity (Wildman–Crippen MR) is 125 cm³/mol. The largest absolute Gasteiger partial charge is 0.441 e. The molecule has 1 aliphatic rings. The fraction of sp³-hybridized carbons (Fsp3) is 0.120. The van der Waals surface area contributed by atoms with E-state index in [9.17, 15) is 4.79 Å². The number of aromatic nitrogens is 2. The van der Waals surface area contributed by atoms with Crippen molar-refractivity contribution in [3.8, 4) is 5.69 Å². The monoisotopic (exact) mass is 427 g/mol. The van der Waals surface area contributed by atoms with Gasteiger partial charge in [0.05, 0.1) is 16.6 Å². The highest BCUT2D eigenvalue weighted by molar-refractivity contribution is 7.99. The predicted octanol–water partition coefficient (Wildman–Crippen LogP) is 5.74. The average Bonchev–Trinajstić information content (AvgIpc) is 3.00. The van der Waals surface area contributed by atoms with Gasteiger partial charge in [-0.05, 0) is 48.4 Å². The van der Waals surface area contributed by atoms with Crippen molar-refractivity contribution in [2.24, 2.45) is 0 Å². The Hall–Kier alpha value is -3.51. The fourth-order valence-electron chi connectivity index (χ4n) is 3.59. The lowest BCUT2D eigenvalue weighted by molar-refractivity contribution is 0.477. The Bertz CT molecular complexity index is 1320. The van der Waals surface area contributed by atoms with Gasteiger partial charge < -0.3 is 9.73 Å². The summed E-state index contributed by atoms with van der Waals surface area (Å²) in [5, 5.41) is 7.90. The van der Waals surface area contributed by atoms with Crippen LogP contribution in [0.5, 0.6) is 0 Å². The molecule has 0 saturated carbocycles. The average molecular weight is 428 g/mol. The highest BCUT2D eigenvalue weighted by Gasteiger charge is 2.19. The third kappa shape index (κ3) is 3.94. The van der Waals surface area contributed by atoms with Gasteiger partial charge in [-0.1, -0.05) is 54.1 Å². The van der Waals surface area contributed by atoms with Crippen LogP contribution < -0.4 is 11.1 Å². The quantitative estimate of drug-likeness (QED) is 0.452. The highest BCUT2D eigenvalue weighted by Crippen LogP contribution is 2.44. The molecular weight excluding hydrogens is 406 g/mol. The number of nitrogens with one attached hydrogen (secondary N) is 1. The van der Waals surface area contributed by atoms with Gasteiger partial charge in [0.1, 0.15) is 0 Å². The molecule has 2 heterocycles. The summed E-state index contributed by atoms with van der Waals surface area (Å²) in [6.45, 7) is 3.76. The first kappa shape index (κ1) is 19.5. The molecular formula is C25H21N3O2S. The molecule has 1 aliphatic heterocycles. The van der Waals surface area contributed by atoms with E-state index in [4.69, 9.17) is 4.42 Å². The summed E-state index contributed by atoms with van der Waals surface area (Å²) in [6, 6.07) is 24.8. The summed E-state index contributed by atoms with van der Waals surface area (Å²) in [5.41, 5.74) is 6.32. The molecule has 1 N–H and O–H groups in total. The van der Waals surface area contributed by atoms with Crippen LogP contribution in [0.1, 0.15) is 27.8 Å². The number of fused-ring (bicyclic) bond motifs is 1. The van der Waals surface area contributed by atoms with Crippen molar-refractivity contribution in [1.29, 1.82) is 0 Å². The molecule has 154 valence electrons. The van der Waals surface area contributed by atoms with E-state index in [-0.39, 0.29) is 5.25 Å². The van der Waals surface area contributed by atoms with E-state index < -0.39 is 5.76 Å². The maximum atomic E-state index is 11.9. The second kappa shape index (κ2) is 7.96. The number of aryl methyl sites for hydroxylation is 2. The first-order valence-electron chi connectivity index (χ1n) is 10.1. The first-order chi connectivity index (χ1) is 15.1. The van der Waals surface area contributed by atoms with Gasteiger partial charge in [-0.2, -0.15) is 4.68 Å². The normalized spacial score (nSPS) is 15.5. The van der Waals surface area contributed by atoms with Crippen LogP contribution in [0.2, 0.25) is 0 Å². The van der Waals surface area contributed by atoms with Crippen LogP contribution in [0, 0.1) is 13.8 Å². The zero-order valence-electron chi connectivity index (χ0n) is 17.2. The number of rotatable bonds is 3. The maximum absolute atomic E-state index is 11.9. The summed E-state index contributed by atoms with van der Waals surface area (Å²) < 4.78 is 6.28. The molecule has 6 heteroatoms. The van der Waals surface area contributed by atoms with Gasteiger partial charge in [0.2, 0.25) is 5.89 Å². The topological polar surface area (TPSA) is 60.1 Å². The van der Waals surface area contributed by atoms with Gasteiger partial charge in [0.15, 0.2) is 0 Å². The standard InChI is InChI=1S/C25H21N3O2S/c1-16-7-9-19(10-8-16)24-15-22(26-21-5-3-4-6-23(21)31-24)18-11-13-20(14-12-18)28-25(29)30-17(2)27-28/h3-15,24,26H,1-2H3. The van der Waals surface area contributed by atoms with Gasteiger partial charge in [-0.15, -0.1) is 16.9 Å². The van der Waals surface area contributed by atoms with Gasteiger partial charge in [0.25, 0.3) is 0 Å². The van der Waals surface area contributed by atoms with Crippen LogP contribution in [-0.2, 0) is 0 Å². The molecule has 5 nitrogen and oxygen atoms in total. The zero-order valence-corrected chi connectivity index (χ0v) is 18.0. The van der Waals surface area contributed by atoms with Crippen molar-refractivity contribution in [3.63, 3.8) is 0 Å². The molecule has 31 heavy (non-hydrogen) atoms. The summed E-state index contributed by atoms with van der Waals surface area (Å²) in [4.78, 5) is 13.1. The Balaban J connectivity index is 1.55. The third-order valence-electron chi connectivity index (χ3n) is 5.21. The molecule has 0 fully saturated rings. The Kier molecular flexibility index (Phi) is 5.00. The molecule has 0 bridgehead atoms. The van der Waals surface area contributed by atoms with Crippen molar-refractivity contribution in [2.75, 3.05) is 5.32 Å². The number of hydrogen-bond donors (Lipinski definition) is 1. The lowest BCUT2D eigenvalue weighted by atomic mass is 10.1. The Morgan fingerprint density at radius 2 is 1.71 bits per heavy atom. The van der Waals surface area contributed by atoms with Gasteiger partial charge in [-0.3, -0.25) is 0 Å². The smallest absolute Gasteiger partial charge is 0.392 e. The van der Waals surface area contributed by atoms with E-state index >= 15 is 0 Å². The van der Waals surface area contributed by atoms with Gasteiger partial charge in [0, 0.05) is 17.5 Å². The first-order valence-corrected chi connectivity index (χ1v) is 10.9. The van der Waals surface area contributed by atoms with E-state index in [0.29, 0.717) is 11.6 Å². The number of hydrogen-bond acceptors (Lipinski definition) is 5. The number of para-hydroxylation sites is 1. The molecule has 1 unspecified atom stereocenters. The minimum Gasteiger partial charge on any atom is -0.392 e. The lowest BCUT2D eigenvalue weighted by Crippen LogP contribution is -2.13. The zero-order chi connectivity index (χ0) is 21.4. The molecule has 1 atom stereocenters. The Labute approximate surface area is 184 Å². The number of nitrogens with zero attached hydrogens (tertiary/aromatic N) is 2. The molecule has 4 aromatic rings. The second-order valence-corrected chi connectivity index (χ2v) is 8.68. The molecule has 1 aromatic heterocycles. The summed E-state index contributed by atoms with van der Waals surface area (Å²) in [5.74, 6) is -0.140. The second-order valence-electron chi connectivity index (χ2n) is 7.50. The summed E-state index contributed by atoms with van der Waals surface area (Å²) >= 11 is 1.83. The number of thioether (sulfide) groups is 1. The van der Waals surface area contributed by atoms with Crippen molar-refractivity contribution < 1.29 is 4.42 Å². The fourth-order valence-corrected chi connectivity index (χ4v) is 4.76. The highest BCUT2D eigenvalue weighted by atomic mass is 32.2. The van der Waals surface area contributed by atoms with Crippen molar-refractivity contribution >= 4 is 23.1 Å². The van der Waals surface area contributed by atoms with E-state index in [2.05, 4.69) is 65.9 Å². The van der Waals surface area contributed by atoms with Crippen molar-refractivity contribution in [3.05, 3.63) is 112 Å². The molecule has 0 spiro atoms. The minimum absolute atomic E-state index is 0.173. The molecule has 0 amide bonds. The SMILES string of the molecule is Cc1ccc(C2C=C(c3ccc(-n4nc(C)oc4=O)cc3)Nc3ccccc3S2)cc1. The number of anilines is 1. The minimum atomic E-state index is -0.484. The lowest BCUT2D eigenvalue weighted by Gasteiger charge is -2.13.